The van der Waals surface area contributed by atoms with Crippen LogP contribution < -0.4 is 5.73 Å². The van der Waals surface area contributed by atoms with Crippen molar-refractivity contribution in [2.75, 3.05) is 12.8 Å². The highest BCUT2D eigenvalue weighted by Gasteiger charge is 2.22. The summed E-state index contributed by atoms with van der Waals surface area (Å²) in [5.41, 5.74) is 6.69. The molecule has 0 aromatic heterocycles. The van der Waals surface area contributed by atoms with Gasteiger partial charge in [0, 0.05) is 5.02 Å². The van der Waals surface area contributed by atoms with Gasteiger partial charge in [-0.25, -0.2) is 0 Å². The van der Waals surface area contributed by atoms with E-state index < -0.39 is 0 Å². The Balaban J connectivity index is 3.21. The Morgan fingerprint density at radius 2 is 2.00 bits per heavy atom. The van der Waals surface area contributed by atoms with Gasteiger partial charge in [-0.1, -0.05) is 41.7 Å². The van der Waals surface area contributed by atoms with E-state index in [1.807, 2.05) is 6.92 Å². The van der Waals surface area contributed by atoms with Crippen LogP contribution in [0, 0.1) is 0 Å². The van der Waals surface area contributed by atoms with E-state index in [-0.39, 0.29) is 24.0 Å². The number of carbonyl (C=O) groups is 1. The standard InChI is InChI=1S/C12H14Cl3NO2/c1-3-6(4-9(17)18-2)10-7(13)5-8(14)12(16)11(10)15/h5-6H,3-4,16H2,1-2H3. The second-order valence-electron chi connectivity index (χ2n) is 3.87. The number of nitrogens with two attached hydrogens (primary N) is 1. The van der Waals surface area contributed by atoms with Crippen molar-refractivity contribution in [2.45, 2.75) is 25.7 Å². The zero-order valence-electron chi connectivity index (χ0n) is 10.1. The lowest BCUT2D eigenvalue weighted by atomic mass is 9.92. The van der Waals surface area contributed by atoms with Crippen LogP contribution in [-0.4, -0.2) is 13.1 Å². The number of rotatable bonds is 4. The van der Waals surface area contributed by atoms with Gasteiger partial charge in [0.2, 0.25) is 0 Å². The molecule has 0 radical (unpaired) electrons. The van der Waals surface area contributed by atoms with Crippen molar-refractivity contribution in [1.82, 2.24) is 0 Å². The van der Waals surface area contributed by atoms with Gasteiger partial charge in [-0.3, -0.25) is 4.79 Å². The first-order valence-electron chi connectivity index (χ1n) is 5.42. The first-order valence-corrected chi connectivity index (χ1v) is 6.55. The van der Waals surface area contributed by atoms with Crippen LogP contribution in [0.1, 0.15) is 31.2 Å². The number of ether oxygens (including phenoxy) is 1. The summed E-state index contributed by atoms with van der Waals surface area (Å²) < 4.78 is 4.66. The average molecular weight is 311 g/mol. The van der Waals surface area contributed by atoms with Crippen molar-refractivity contribution in [3.05, 3.63) is 26.7 Å². The molecule has 1 aromatic carbocycles. The zero-order chi connectivity index (χ0) is 13.9. The maximum atomic E-state index is 11.4. The third-order valence-electron chi connectivity index (χ3n) is 2.78. The van der Waals surface area contributed by atoms with Crippen molar-refractivity contribution >= 4 is 46.5 Å². The number of benzene rings is 1. The molecule has 1 aromatic rings. The summed E-state index contributed by atoms with van der Waals surface area (Å²) in [7, 11) is 1.34. The molecule has 0 fully saturated rings. The SMILES string of the molecule is CCC(CC(=O)OC)c1c(Cl)cc(Cl)c(N)c1Cl. The van der Waals surface area contributed by atoms with Crippen LogP contribution >= 0.6 is 34.8 Å². The fraction of sp³-hybridized carbons (Fsp3) is 0.417. The number of carbonyl (C=O) groups excluding carboxylic acids is 1. The molecule has 0 amide bonds. The number of anilines is 1. The van der Waals surface area contributed by atoms with Crippen LogP contribution in [0.3, 0.4) is 0 Å². The second-order valence-corrected chi connectivity index (χ2v) is 5.06. The van der Waals surface area contributed by atoms with Crippen molar-refractivity contribution in [3.63, 3.8) is 0 Å². The molecule has 0 spiro atoms. The molecular formula is C12H14Cl3NO2. The molecule has 0 bridgehead atoms. The number of hydrogen-bond donors (Lipinski definition) is 1. The van der Waals surface area contributed by atoms with Gasteiger partial charge < -0.3 is 10.5 Å². The van der Waals surface area contributed by atoms with Gasteiger partial charge in [-0.2, -0.15) is 0 Å². The van der Waals surface area contributed by atoms with E-state index in [2.05, 4.69) is 4.74 Å². The molecule has 3 nitrogen and oxygen atoms in total. The topological polar surface area (TPSA) is 52.3 Å². The van der Waals surface area contributed by atoms with Crippen LogP contribution in [0.15, 0.2) is 6.07 Å². The van der Waals surface area contributed by atoms with Crippen molar-refractivity contribution in [3.8, 4) is 0 Å². The molecule has 1 atom stereocenters. The summed E-state index contributed by atoms with van der Waals surface area (Å²) in [6.07, 6.45) is 0.892. The van der Waals surface area contributed by atoms with Gasteiger partial charge in [0.05, 0.1) is 29.3 Å². The number of methoxy groups -OCH3 is 1. The molecule has 0 aliphatic heterocycles. The van der Waals surface area contributed by atoms with E-state index in [1.165, 1.54) is 7.11 Å². The second kappa shape index (κ2) is 6.50. The highest BCUT2D eigenvalue weighted by molar-refractivity contribution is 6.42. The Morgan fingerprint density at radius 3 is 2.50 bits per heavy atom. The Hall–Kier alpha value is -0.640. The Labute approximate surface area is 121 Å². The monoisotopic (exact) mass is 309 g/mol. The quantitative estimate of drug-likeness (QED) is 0.667. The summed E-state index contributed by atoms with van der Waals surface area (Å²) in [4.78, 5) is 11.4. The highest BCUT2D eigenvalue weighted by Crippen LogP contribution is 2.42. The van der Waals surface area contributed by atoms with Crippen LogP contribution in [0.25, 0.3) is 0 Å². The maximum absolute atomic E-state index is 11.4. The number of esters is 1. The molecule has 6 heteroatoms. The summed E-state index contributed by atoms with van der Waals surface area (Å²) in [5.74, 6) is -0.459. The Bertz CT molecular complexity index is 463. The zero-order valence-corrected chi connectivity index (χ0v) is 12.4. The molecule has 0 heterocycles. The fourth-order valence-corrected chi connectivity index (χ4v) is 2.80. The summed E-state index contributed by atoms with van der Waals surface area (Å²) in [6, 6.07) is 1.54. The number of halogens is 3. The number of nitrogen functional groups attached to an aromatic ring is 1. The molecular weight excluding hydrogens is 296 g/mol. The first kappa shape index (κ1) is 15.4. The van der Waals surface area contributed by atoms with E-state index >= 15 is 0 Å². The lowest BCUT2D eigenvalue weighted by molar-refractivity contribution is -0.141. The summed E-state index contributed by atoms with van der Waals surface area (Å²) in [6.45, 7) is 1.94. The van der Waals surface area contributed by atoms with Crippen LogP contribution in [-0.2, 0) is 9.53 Å². The van der Waals surface area contributed by atoms with Crippen molar-refractivity contribution in [1.29, 1.82) is 0 Å². The Kier molecular flexibility index (Phi) is 5.57. The molecule has 1 unspecified atom stereocenters. The van der Waals surface area contributed by atoms with E-state index in [0.717, 1.165) is 0 Å². The van der Waals surface area contributed by atoms with Crippen LogP contribution in [0.2, 0.25) is 15.1 Å². The summed E-state index contributed by atoms with van der Waals surface area (Å²) in [5, 5.41) is 1.03. The third kappa shape index (κ3) is 3.22. The molecule has 1 rings (SSSR count). The first-order chi connectivity index (χ1) is 8.42. The summed E-state index contributed by atoms with van der Waals surface area (Å²) >= 11 is 18.2. The molecule has 0 aliphatic carbocycles. The molecule has 0 aliphatic rings. The van der Waals surface area contributed by atoms with Gasteiger partial charge in [-0.05, 0) is 24.0 Å². The van der Waals surface area contributed by atoms with Crippen molar-refractivity contribution in [2.24, 2.45) is 0 Å². The van der Waals surface area contributed by atoms with Crippen molar-refractivity contribution < 1.29 is 9.53 Å². The van der Waals surface area contributed by atoms with E-state index in [1.54, 1.807) is 6.07 Å². The molecule has 2 N–H and O–H groups in total. The lowest BCUT2D eigenvalue weighted by Gasteiger charge is -2.19. The molecule has 0 saturated carbocycles. The van der Waals surface area contributed by atoms with Crippen LogP contribution in [0.5, 0.6) is 0 Å². The predicted octanol–water partition coefficient (Wildman–Crippen LogP) is 4.29. The van der Waals surface area contributed by atoms with E-state index in [0.29, 0.717) is 27.1 Å². The predicted molar refractivity (Wildman–Crippen MR) is 75.5 cm³/mol. The Morgan fingerprint density at radius 1 is 1.39 bits per heavy atom. The van der Waals surface area contributed by atoms with Gasteiger partial charge in [0.1, 0.15) is 0 Å². The fourth-order valence-electron chi connectivity index (χ4n) is 1.73. The smallest absolute Gasteiger partial charge is 0.306 e. The van der Waals surface area contributed by atoms with Gasteiger partial charge in [0.25, 0.3) is 0 Å². The van der Waals surface area contributed by atoms with Gasteiger partial charge in [0.15, 0.2) is 0 Å². The van der Waals surface area contributed by atoms with Gasteiger partial charge in [-0.15, -0.1) is 0 Å². The molecule has 100 valence electrons. The largest absolute Gasteiger partial charge is 0.469 e. The maximum Gasteiger partial charge on any atom is 0.306 e. The lowest BCUT2D eigenvalue weighted by Crippen LogP contribution is -2.10. The van der Waals surface area contributed by atoms with E-state index in [9.17, 15) is 4.79 Å². The molecule has 18 heavy (non-hydrogen) atoms. The van der Waals surface area contributed by atoms with E-state index in [4.69, 9.17) is 40.5 Å². The third-order valence-corrected chi connectivity index (χ3v) is 3.82. The number of hydrogen-bond acceptors (Lipinski definition) is 3. The van der Waals surface area contributed by atoms with Gasteiger partial charge >= 0.3 is 5.97 Å². The minimum absolute atomic E-state index is 0.142. The average Bonchev–Trinajstić information content (AvgIpc) is 2.34. The molecule has 0 saturated heterocycles. The minimum atomic E-state index is -0.317. The minimum Gasteiger partial charge on any atom is -0.469 e. The normalized spacial score (nSPS) is 12.3. The highest BCUT2D eigenvalue weighted by atomic mass is 35.5. The van der Waals surface area contributed by atoms with Crippen LogP contribution in [0.4, 0.5) is 5.69 Å².